The number of aromatic hydroxyl groups is 2. The van der Waals surface area contributed by atoms with Crippen molar-refractivity contribution in [3.63, 3.8) is 0 Å². The van der Waals surface area contributed by atoms with Crippen LogP contribution in [-0.2, 0) is 27.1 Å². The van der Waals surface area contributed by atoms with E-state index in [2.05, 4.69) is 14.6 Å². The summed E-state index contributed by atoms with van der Waals surface area (Å²) in [6.07, 6.45) is 3.69. The molecule has 0 atom stereocenters. The van der Waals surface area contributed by atoms with Gasteiger partial charge in [0, 0.05) is 35.4 Å². The van der Waals surface area contributed by atoms with Gasteiger partial charge >= 0.3 is 0 Å². The second kappa shape index (κ2) is 10.4. The van der Waals surface area contributed by atoms with Crippen molar-refractivity contribution < 1.29 is 35.7 Å². The third kappa shape index (κ3) is 5.80. The van der Waals surface area contributed by atoms with Gasteiger partial charge in [0.15, 0.2) is 0 Å². The van der Waals surface area contributed by atoms with E-state index in [0.29, 0.717) is 17.8 Å². The molecule has 0 aromatic heterocycles. The third-order valence-corrected chi connectivity index (χ3v) is 6.67. The van der Waals surface area contributed by atoms with Crippen molar-refractivity contribution in [1.82, 2.24) is 4.90 Å². The summed E-state index contributed by atoms with van der Waals surface area (Å²) in [5.41, 5.74) is 1.05. The molecule has 7 nitrogen and oxygen atoms in total. The molecule has 1 aliphatic heterocycles. The smallest absolute Gasteiger partial charge is 0.233 e. The summed E-state index contributed by atoms with van der Waals surface area (Å²) >= 11 is 0. The van der Waals surface area contributed by atoms with E-state index in [-0.39, 0.29) is 40.0 Å². The van der Waals surface area contributed by atoms with E-state index >= 15 is 0 Å². The molecule has 0 unspecified atom stereocenters. The summed E-state index contributed by atoms with van der Waals surface area (Å²) in [4.78, 5) is 6.45. The van der Waals surface area contributed by atoms with Crippen molar-refractivity contribution in [3.8, 4) is 11.5 Å². The fourth-order valence-corrected chi connectivity index (χ4v) is 4.82. The van der Waals surface area contributed by atoms with Crippen molar-refractivity contribution in [1.29, 1.82) is 0 Å². The van der Waals surface area contributed by atoms with Crippen molar-refractivity contribution in [2.75, 3.05) is 30.1 Å². The summed E-state index contributed by atoms with van der Waals surface area (Å²) in [7, 11) is -3.52. The van der Waals surface area contributed by atoms with Gasteiger partial charge in [-0.2, -0.15) is 0 Å². The predicted octanol–water partition coefficient (Wildman–Crippen LogP) is 3.84. The molecule has 3 aromatic rings. The Morgan fingerprint density at radius 3 is 2.50 bits per heavy atom. The summed E-state index contributed by atoms with van der Waals surface area (Å²) in [5.74, 6) is -0.00667. The summed E-state index contributed by atoms with van der Waals surface area (Å²) in [6, 6.07) is 15.4. The van der Waals surface area contributed by atoms with Crippen LogP contribution < -0.4 is 4.72 Å². The molecule has 1 radical (unpaired) electrons. The van der Waals surface area contributed by atoms with Gasteiger partial charge in [-0.25, -0.2) is 8.42 Å². The SMILES string of the molecule is O=S(=O)(CCN1CCCC1)Nc1ccc(O)c(N=Cc2c(O)ccc3ccccc23)c1.[Cu]. The number of hydrogen-bond donors (Lipinski definition) is 3. The van der Waals surface area contributed by atoms with E-state index in [1.165, 1.54) is 24.4 Å². The maximum absolute atomic E-state index is 12.5. The Bertz CT molecular complexity index is 1230. The molecule has 1 aliphatic rings. The Labute approximate surface area is 198 Å². The fourth-order valence-electron chi connectivity index (χ4n) is 3.73. The summed E-state index contributed by atoms with van der Waals surface area (Å²) in [5, 5.41) is 22.2. The molecule has 3 aromatic carbocycles. The van der Waals surface area contributed by atoms with Gasteiger partial charge in [-0.15, -0.1) is 0 Å². The molecule has 9 heteroatoms. The number of nitrogens with zero attached hydrogens (tertiary/aromatic N) is 2. The van der Waals surface area contributed by atoms with Gasteiger partial charge in [-0.3, -0.25) is 9.71 Å². The number of sulfonamides is 1. The number of nitrogens with one attached hydrogen (secondary N) is 1. The minimum atomic E-state index is -3.52. The van der Waals surface area contributed by atoms with E-state index in [0.717, 1.165) is 36.7 Å². The molecule has 1 saturated heterocycles. The van der Waals surface area contributed by atoms with Crippen molar-refractivity contribution in [2.24, 2.45) is 4.99 Å². The minimum absolute atomic E-state index is 0. The Morgan fingerprint density at radius 2 is 1.72 bits per heavy atom. The fraction of sp³-hybridized carbons (Fsp3) is 0.261. The van der Waals surface area contributed by atoms with Crippen LogP contribution in [0.3, 0.4) is 0 Å². The number of benzene rings is 3. The number of fused-ring (bicyclic) bond motifs is 1. The Morgan fingerprint density at radius 1 is 1.00 bits per heavy atom. The monoisotopic (exact) mass is 502 g/mol. The van der Waals surface area contributed by atoms with Crippen LogP contribution in [0.2, 0.25) is 0 Å². The van der Waals surface area contributed by atoms with Gasteiger partial charge in [-0.1, -0.05) is 30.3 Å². The van der Waals surface area contributed by atoms with E-state index in [9.17, 15) is 18.6 Å². The molecule has 3 N–H and O–H groups in total. The largest absolute Gasteiger partial charge is 0.507 e. The number of phenols is 2. The Kier molecular flexibility index (Phi) is 7.79. The zero-order valence-corrected chi connectivity index (χ0v) is 19.1. The van der Waals surface area contributed by atoms with E-state index < -0.39 is 10.0 Å². The van der Waals surface area contributed by atoms with Crippen LogP contribution in [0, 0.1) is 0 Å². The number of anilines is 1. The minimum Gasteiger partial charge on any atom is -0.507 e. The summed E-state index contributed by atoms with van der Waals surface area (Å²) in [6.45, 7) is 2.38. The molecule has 0 aliphatic carbocycles. The number of hydrogen-bond acceptors (Lipinski definition) is 6. The first-order chi connectivity index (χ1) is 14.9. The van der Waals surface area contributed by atoms with Gasteiger partial charge in [0.05, 0.1) is 11.4 Å². The van der Waals surface area contributed by atoms with Crippen molar-refractivity contribution in [2.45, 2.75) is 12.8 Å². The van der Waals surface area contributed by atoms with Crippen LogP contribution in [0.25, 0.3) is 10.8 Å². The van der Waals surface area contributed by atoms with Crippen LogP contribution in [-0.4, -0.2) is 55.1 Å². The second-order valence-electron chi connectivity index (χ2n) is 7.65. The van der Waals surface area contributed by atoms with Crippen LogP contribution in [0.4, 0.5) is 11.4 Å². The van der Waals surface area contributed by atoms with Crippen molar-refractivity contribution >= 4 is 38.4 Å². The van der Waals surface area contributed by atoms with E-state index in [1.807, 2.05) is 30.3 Å². The van der Waals surface area contributed by atoms with Gasteiger partial charge in [-0.05, 0) is 61.0 Å². The average Bonchev–Trinajstić information content (AvgIpc) is 3.27. The Hall–Kier alpha value is -2.58. The molecule has 4 rings (SSSR count). The average molecular weight is 503 g/mol. The second-order valence-corrected chi connectivity index (χ2v) is 9.49. The molecule has 173 valence electrons. The number of likely N-dealkylation sites (tertiary alicyclic amines) is 1. The van der Waals surface area contributed by atoms with Gasteiger partial charge in [0.1, 0.15) is 17.2 Å². The van der Waals surface area contributed by atoms with Gasteiger partial charge in [0.2, 0.25) is 10.0 Å². The molecular weight excluding hydrogens is 478 g/mol. The first-order valence-electron chi connectivity index (χ1n) is 10.2. The maximum atomic E-state index is 12.5. The van der Waals surface area contributed by atoms with Crippen LogP contribution in [0.1, 0.15) is 18.4 Å². The molecule has 0 spiro atoms. The third-order valence-electron chi connectivity index (χ3n) is 5.40. The molecule has 1 fully saturated rings. The summed E-state index contributed by atoms with van der Waals surface area (Å²) < 4.78 is 27.5. The molecule has 0 saturated carbocycles. The van der Waals surface area contributed by atoms with Gasteiger partial charge in [0.25, 0.3) is 0 Å². The van der Waals surface area contributed by atoms with E-state index in [1.54, 1.807) is 6.07 Å². The predicted molar refractivity (Wildman–Crippen MR) is 124 cm³/mol. The molecule has 32 heavy (non-hydrogen) atoms. The number of phenolic OH excluding ortho intramolecular Hbond substituents is 2. The normalized spacial score (nSPS) is 14.6. The Balaban J connectivity index is 0.00000289. The maximum Gasteiger partial charge on any atom is 0.233 e. The van der Waals surface area contributed by atoms with Crippen LogP contribution in [0.15, 0.2) is 59.6 Å². The molecular formula is C23H25CuN3O4S. The number of aliphatic imine (C=N–C) groups is 1. The molecule has 0 bridgehead atoms. The molecule has 1 heterocycles. The zero-order chi connectivity index (χ0) is 21.8. The van der Waals surface area contributed by atoms with Gasteiger partial charge < -0.3 is 15.1 Å². The molecule has 0 amide bonds. The first-order valence-corrected chi connectivity index (χ1v) is 11.9. The first kappa shape index (κ1) is 24.1. The van der Waals surface area contributed by atoms with E-state index in [4.69, 9.17) is 0 Å². The quantitative estimate of drug-likeness (QED) is 0.259. The number of rotatable bonds is 7. The van der Waals surface area contributed by atoms with Crippen molar-refractivity contribution in [3.05, 3.63) is 60.2 Å². The topological polar surface area (TPSA) is 102 Å². The standard InChI is InChI=1S/C23H25N3O4S.Cu/c27-22-9-7-17-5-1-2-6-19(17)20(22)16-24-21-15-18(8-10-23(21)28)25-31(29,30)14-13-26-11-3-4-12-26;/h1-2,5-10,15-16,25,27-28H,3-4,11-14H2;. The van der Waals surface area contributed by atoms with Crippen LogP contribution >= 0.6 is 0 Å². The van der Waals surface area contributed by atoms with Crippen LogP contribution in [0.5, 0.6) is 11.5 Å². The zero-order valence-electron chi connectivity index (χ0n) is 17.3.